The molecule has 0 radical (unpaired) electrons. The van der Waals surface area contributed by atoms with E-state index in [4.69, 9.17) is 4.74 Å². The van der Waals surface area contributed by atoms with E-state index in [-0.39, 0.29) is 18.0 Å². The summed E-state index contributed by atoms with van der Waals surface area (Å²) < 4.78 is 34.2. The van der Waals surface area contributed by atoms with Gasteiger partial charge in [0.15, 0.2) is 0 Å². The van der Waals surface area contributed by atoms with Crippen molar-refractivity contribution in [3.05, 3.63) is 126 Å². The smallest absolute Gasteiger partial charge is 0.264 e. The third kappa shape index (κ3) is 6.98. The van der Waals surface area contributed by atoms with E-state index in [9.17, 15) is 13.5 Å². The SMILES string of the molecule is COc1ccccc1N(C[C@H](O)CN(Cc1ccccc1)Cc1ccccc1)S(=O)(=O)c1ccccc1. The normalized spacial score (nSPS) is 12.3. The Bertz CT molecular complexity index is 1310. The summed E-state index contributed by atoms with van der Waals surface area (Å²) in [6.45, 7) is 1.39. The first-order chi connectivity index (χ1) is 18.0. The van der Waals surface area contributed by atoms with Crippen LogP contribution in [0.2, 0.25) is 0 Å². The number of hydrogen-bond acceptors (Lipinski definition) is 5. The Morgan fingerprint density at radius 1 is 0.703 bits per heavy atom. The minimum atomic E-state index is -3.96. The molecule has 7 heteroatoms. The Labute approximate surface area is 219 Å². The maximum Gasteiger partial charge on any atom is 0.264 e. The van der Waals surface area contributed by atoms with Crippen LogP contribution in [0.25, 0.3) is 0 Å². The fraction of sp³-hybridized carbons (Fsp3) is 0.200. The lowest BCUT2D eigenvalue weighted by molar-refractivity contribution is 0.111. The van der Waals surface area contributed by atoms with Gasteiger partial charge in [-0.1, -0.05) is 91.0 Å². The first-order valence-corrected chi connectivity index (χ1v) is 13.6. The highest BCUT2D eigenvalue weighted by molar-refractivity contribution is 7.92. The molecule has 192 valence electrons. The monoisotopic (exact) mass is 516 g/mol. The highest BCUT2D eigenvalue weighted by atomic mass is 32.2. The van der Waals surface area contributed by atoms with Crippen LogP contribution in [0, 0.1) is 0 Å². The van der Waals surface area contributed by atoms with Crippen molar-refractivity contribution in [1.82, 2.24) is 4.90 Å². The van der Waals surface area contributed by atoms with Crippen LogP contribution in [0.3, 0.4) is 0 Å². The van der Waals surface area contributed by atoms with Gasteiger partial charge in [-0.2, -0.15) is 0 Å². The van der Waals surface area contributed by atoms with Crippen LogP contribution >= 0.6 is 0 Å². The molecule has 1 N–H and O–H groups in total. The summed E-state index contributed by atoms with van der Waals surface area (Å²) in [5.41, 5.74) is 2.61. The van der Waals surface area contributed by atoms with E-state index < -0.39 is 16.1 Å². The Balaban J connectivity index is 1.62. The lowest BCUT2D eigenvalue weighted by Gasteiger charge is -2.31. The molecule has 0 heterocycles. The molecular weight excluding hydrogens is 484 g/mol. The zero-order valence-corrected chi connectivity index (χ0v) is 21.7. The zero-order chi connectivity index (χ0) is 26.1. The van der Waals surface area contributed by atoms with Crippen molar-refractivity contribution in [2.45, 2.75) is 24.1 Å². The second kappa shape index (κ2) is 12.5. The first-order valence-electron chi connectivity index (χ1n) is 12.2. The van der Waals surface area contributed by atoms with Crippen molar-refractivity contribution >= 4 is 15.7 Å². The standard InChI is InChI=1S/C30H32N2O4S/c1-36-30-20-12-11-19-29(30)32(37(34,35)28-17-9-4-10-18-28)24-27(33)23-31(21-25-13-5-2-6-14-25)22-26-15-7-3-8-16-26/h2-20,27,33H,21-24H2,1H3/t27-/m1/s1. The van der Waals surface area contributed by atoms with Gasteiger partial charge in [-0.25, -0.2) is 8.42 Å². The van der Waals surface area contributed by atoms with Crippen molar-refractivity contribution < 1.29 is 18.3 Å². The van der Waals surface area contributed by atoms with Crippen LogP contribution < -0.4 is 9.04 Å². The molecule has 4 aromatic rings. The van der Waals surface area contributed by atoms with Crippen molar-refractivity contribution in [1.29, 1.82) is 0 Å². The number of benzene rings is 4. The summed E-state index contributed by atoms with van der Waals surface area (Å²) in [6.07, 6.45) is -0.962. The fourth-order valence-corrected chi connectivity index (χ4v) is 5.83. The average Bonchev–Trinajstić information content (AvgIpc) is 2.93. The largest absolute Gasteiger partial charge is 0.495 e. The Hall–Kier alpha value is -3.65. The number of nitrogens with zero attached hydrogens (tertiary/aromatic N) is 2. The maximum atomic E-state index is 13.7. The highest BCUT2D eigenvalue weighted by Gasteiger charge is 2.29. The predicted octanol–water partition coefficient (Wildman–Crippen LogP) is 4.95. The van der Waals surface area contributed by atoms with E-state index in [2.05, 4.69) is 4.90 Å². The number of methoxy groups -OCH3 is 1. The van der Waals surface area contributed by atoms with Crippen LogP contribution in [0.1, 0.15) is 11.1 Å². The lowest BCUT2D eigenvalue weighted by Crippen LogP contribution is -2.42. The van der Waals surface area contributed by atoms with Crippen LogP contribution in [-0.2, 0) is 23.1 Å². The van der Waals surface area contributed by atoms with Crippen LogP contribution in [0.4, 0.5) is 5.69 Å². The van der Waals surface area contributed by atoms with Crippen molar-refractivity contribution in [3.63, 3.8) is 0 Å². The highest BCUT2D eigenvalue weighted by Crippen LogP contribution is 2.32. The molecule has 0 saturated heterocycles. The van der Waals surface area contributed by atoms with Gasteiger partial charge >= 0.3 is 0 Å². The second-order valence-corrected chi connectivity index (χ2v) is 10.7. The van der Waals surface area contributed by atoms with Crippen LogP contribution in [0.5, 0.6) is 5.75 Å². The third-order valence-corrected chi connectivity index (χ3v) is 7.82. The summed E-state index contributed by atoms with van der Waals surface area (Å²) in [5.74, 6) is 0.416. The molecule has 1 atom stereocenters. The topological polar surface area (TPSA) is 70.1 Å². The molecule has 0 bridgehead atoms. The molecule has 6 nitrogen and oxygen atoms in total. The zero-order valence-electron chi connectivity index (χ0n) is 20.9. The predicted molar refractivity (Wildman–Crippen MR) is 147 cm³/mol. The van der Waals surface area contributed by atoms with Gasteiger partial charge in [-0.3, -0.25) is 9.21 Å². The number of rotatable bonds is 12. The molecular formula is C30H32N2O4S. The summed E-state index contributed by atoms with van der Waals surface area (Å²) in [5, 5.41) is 11.3. The molecule has 0 aliphatic carbocycles. The summed E-state index contributed by atoms with van der Waals surface area (Å²) in [6, 6.07) is 35.3. The average molecular weight is 517 g/mol. The maximum absolute atomic E-state index is 13.7. The fourth-order valence-electron chi connectivity index (χ4n) is 4.30. The number of anilines is 1. The number of para-hydroxylation sites is 2. The van der Waals surface area contributed by atoms with Crippen molar-refractivity contribution in [3.8, 4) is 5.75 Å². The van der Waals surface area contributed by atoms with Gasteiger partial charge in [-0.15, -0.1) is 0 Å². The molecule has 0 spiro atoms. The van der Waals surface area contributed by atoms with E-state index in [0.717, 1.165) is 11.1 Å². The lowest BCUT2D eigenvalue weighted by atomic mass is 10.1. The molecule has 4 aromatic carbocycles. The van der Waals surface area contributed by atoms with Crippen LogP contribution in [-0.4, -0.2) is 44.7 Å². The molecule has 0 fully saturated rings. The first kappa shape index (κ1) is 26.4. The van der Waals surface area contributed by atoms with E-state index in [1.54, 1.807) is 54.6 Å². The number of ether oxygens (including phenoxy) is 1. The molecule has 0 saturated carbocycles. The molecule has 37 heavy (non-hydrogen) atoms. The quantitative estimate of drug-likeness (QED) is 0.288. The van der Waals surface area contributed by atoms with E-state index in [0.29, 0.717) is 24.5 Å². The van der Waals surface area contributed by atoms with Gasteiger partial charge < -0.3 is 9.84 Å². The van der Waals surface area contributed by atoms with Gasteiger partial charge in [0.05, 0.1) is 30.3 Å². The summed E-state index contributed by atoms with van der Waals surface area (Å²) >= 11 is 0. The molecule has 4 rings (SSSR count). The van der Waals surface area contributed by atoms with Crippen LogP contribution in [0.15, 0.2) is 120 Å². The number of hydrogen-bond donors (Lipinski definition) is 1. The van der Waals surface area contributed by atoms with Gasteiger partial charge in [0.2, 0.25) is 0 Å². The minimum Gasteiger partial charge on any atom is -0.495 e. The van der Waals surface area contributed by atoms with Crippen molar-refractivity contribution in [2.75, 3.05) is 24.5 Å². The summed E-state index contributed by atoms with van der Waals surface area (Å²) in [4.78, 5) is 2.28. The van der Waals surface area contributed by atoms with E-state index in [1.807, 2.05) is 60.7 Å². The molecule has 0 unspecified atom stereocenters. The summed E-state index contributed by atoms with van der Waals surface area (Å²) in [7, 11) is -2.46. The third-order valence-electron chi connectivity index (χ3n) is 6.03. The van der Waals surface area contributed by atoms with E-state index >= 15 is 0 Å². The number of aliphatic hydroxyl groups excluding tert-OH is 1. The minimum absolute atomic E-state index is 0.127. The molecule has 0 aliphatic rings. The van der Waals surface area contributed by atoms with Crippen molar-refractivity contribution in [2.24, 2.45) is 0 Å². The Kier molecular flexibility index (Phi) is 8.95. The second-order valence-electron chi connectivity index (χ2n) is 8.82. The number of sulfonamides is 1. The Morgan fingerprint density at radius 3 is 1.73 bits per heavy atom. The van der Waals surface area contributed by atoms with Gasteiger partial charge in [0.1, 0.15) is 5.75 Å². The molecule has 0 aliphatic heterocycles. The molecule has 0 amide bonds. The van der Waals surface area contributed by atoms with Gasteiger partial charge in [0, 0.05) is 19.6 Å². The number of aliphatic hydroxyl groups is 1. The van der Waals surface area contributed by atoms with Gasteiger partial charge in [0.25, 0.3) is 10.0 Å². The van der Waals surface area contributed by atoms with E-state index in [1.165, 1.54) is 11.4 Å². The Morgan fingerprint density at radius 2 is 1.19 bits per heavy atom. The molecule has 0 aromatic heterocycles. The van der Waals surface area contributed by atoms with Gasteiger partial charge in [-0.05, 0) is 35.4 Å².